The van der Waals surface area contributed by atoms with E-state index in [0.717, 1.165) is 32.1 Å². The molecule has 2 aliphatic rings. The summed E-state index contributed by atoms with van der Waals surface area (Å²) >= 11 is 0. The standard InChI is InChI=1S/C12H22N2O2/c13-12(5-6-12)10(16)14-9-11(7-8-15)3-1-2-4-11/h15H,1-9,13H2,(H,14,16). The average Bonchev–Trinajstić information content (AvgIpc) is 2.85. The molecule has 4 heteroatoms. The zero-order valence-electron chi connectivity index (χ0n) is 9.80. The van der Waals surface area contributed by atoms with Gasteiger partial charge in [-0.1, -0.05) is 12.8 Å². The molecule has 2 aliphatic carbocycles. The Morgan fingerprint density at radius 2 is 1.88 bits per heavy atom. The highest BCUT2D eigenvalue weighted by molar-refractivity contribution is 5.88. The number of aliphatic hydroxyl groups excluding tert-OH is 1. The van der Waals surface area contributed by atoms with Gasteiger partial charge in [-0.2, -0.15) is 0 Å². The number of amides is 1. The molecule has 4 nitrogen and oxygen atoms in total. The molecule has 4 N–H and O–H groups in total. The SMILES string of the molecule is NC1(C(=O)NCC2(CCO)CCCC2)CC1. The van der Waals surface area contributed by atoms with Crippen LogP contribution in [-0.4, -0.2) is 29.7 Å². The Morgan fingerprint density at radius 1 is 1.25 bits per heavy atom. The van der Waals surface area contributed by atoms with Gasteiger partial charge >= 0.3 is 0 Å². The van der Waals surface area contributed by atoms with Crippen LogP contribution in [0.5, 0.6) is 0 Å². The van der Waals surface area contributed by atoms with Gasteiger partial charge in [-0.3, -0.25) is 4.79 Å². The molecule has 0 unspecified atom stereocenters. The van der Waals surface area contributed by atoms with Crippen molar-refractivity contribution in [2.24, 2.45) is 11.1 Å². The summed E-state index contributed by atoms with van der Waals surface area (Å²) < 4.78 is 0. The molecule has 92 valence electrons. The van der Waals surface area contributed by atoms with E-state index < -0.39 is 5.54 Å². The molecule has 2 rings (SSSR count). The van der Waals surface area contributed by atoms with E-state index in [2.05, 4.69) is 5.32 Å². The molecule has 0 radical (unpaired) electrons. The minimum atomic E-state index is -0.570. The fourth-order valence-electron chi connectivity index (χ4n) is 2.68. The van der Waals surface area contributed by atoms with Crippen LogP contribution in [0.25, 0.3) is 0 Å². The molecule has 0 heterocycles. The Morgan fingerprint density at radius 3 is 2.38 bits per heavy atom. The fraction of sp³-hybridized carbons (Fsp3) is 0.917. The van der Waals surface area contributed by atoms with Crippen molar-refractivity contribution < 1.29 is 9.90 Å². The molecule has 0 aromatic heterocycles. The number of carbonyl (C=O) groups excluding carboxylic acids is 1. The van der Waals surface area contributed by atoms with Crippen molar-refractivity contribution in [2.75, 3.05) is 13.2 Å². The predicted octanol–water partition coefficient (Wildman–Crippen LogP) is 0.537. The van der Waals surface area contributed by atoms with Gasteiger partial charge in [-0.15, -0.1) is 0 Å². The molecule has 0 atom stereocenters. The maximum atomic E-state index is 11.7. The Hall–Kier alpha value is -0.610. The summed E-state index contributed by atoms with van der Waals surface area (Å²) in [5, 5.41) is 12.1. The molecule has 2 fully saturated rings. The summed E-state index contributed by atoms with van der Waals surface area (Å²) in [6.07, 6.45) is 7.08. The van der Waals surface area contributed by atoms with Crippen LogP contribution in [0.3, 0.4) is 0 Å². The van der Waals surface area contributed by atoms with E-state index in [1.807, 2.05) is 0 Å². The van der Waals surface area contributed by atoms with E-state index in [-0.39, 0.29) is 17.9 Å². The lowest BCUT2D eigenvalue weighted by molar-refractivity contribution is -0.123. The smallest absolute Gasteiger partial charge is 0.240 e. The lowest BCUT2D eigenvalue weighted by Crippen LogP contribution is -2.46. The van der Waals surface area contributed by atoms with Gasteiger partial charge in [0.05, 0.1) is 5.54 Å². The molecule has 0 spiro atoms. The third-order valence-corrected chi connectivity index (χ3v) is 4.17. The van der Waals surface area contributed by atoms with Gasteiger partial charge < -0.3 is 16.2 Å². The first-order valence-electron chi connectivity index (χ1n) is 6.28. The van der Waals surface area contributed by atoms with Crippen LogP contribution in [0, 0.1) is 5.41 Å². The van der Waals surface area contributed by atoms with Crippen molar-refractivity contribution in [3.63, 3.8) is 0 Å². The number of hydrogen-bond donors (Lipinski definition) is 3. The van der Waals surface area contributed by atoms with Crippen LogP contribution in [0.1, 0.15) is 44.9 Å². The van der Waals surface area contributed by atoms with Gasteiger partial charge in [0, 0.05) is 13.2 Å². The third-order valence-electron chi connectivity index (χ3n) is 4.17. The van der Waals surface area contributed by atoms with Crippen LogP contribution in [0.2, 0.25) is 0 Å². The minimum Gasteiger partial charge on any atom is -0.396 e. The van der Waals surface area contributed by atoms with Gasteiger partial charge in [0.2, 0.25) is 5.91 Å². The number of aliphatic hydroxyl groups is 1. The highest BCUT2D eigenvalue weighted by Crippen LogP contribution is 2.40. The van der Waals surface area contributed by atoms with E-state index in [9.17, 15) is 4.79 Å². The number of nitrogens with two attached hydrogens (primary N) is 1. The van der Waals surface area contributed by atoms with Crippen molar-refractivity contribution in [1.82, 2.24) is 5.32 Å². The van der Waals surface area contributed by atoms with E-state index >= 15 is 0 Å². The van der Waals surface area contributed by atoms with Crippen LogP contribution >= 0.6 is 0 Å². The lowest BCUT2D eigenvalue weighted by Gasteiger charge is -2.29. The molecule has 0 aliphatic heterocycles. The summed E-state index contributed by atoms with van der Waals surface area (Å²) in [6, 6.07) is 0. The minimum absolute atomic E-state index is 0.00304. The van der Waals surface area contributed by atoms with Crippen molar-refractivity contribution in [3.05, 3.63) is 0 Å². The zero-order valence-corrected chi connectivity index (χ0v) is 9.80. The fourth-order valence-corrected chi connectivity index (χ4v) is 2.68. The van der Waals surface area contributed by atoms with Crippen molar-refractivity contribution in [1.29, 1.82) is 0 Å². The summed E-state index contributed by atoms with van der Waals surface area (Å²) in [5.74, 6) is -0.00304. The number of carbonyl (C=O) groups is 1. The quantitative estimate of drug-likeness (QED) is 0.640. The molecule has 0 bridgehead atoms. The largest absolute Gasteiger partial charge is 0.396 e. The molecule has 1 amide bonds. The number of hydrogen-bond acceptors (Lipinski definition) is 3. The molecule has 16 heavy (non-hydrogen) atoms. The lowest BCUT2D eigenvalue weighted by atomic mass is 9.83. The molecule has 0 aromatic carbocycles. The van der Waals surface area contributed by atoms with Gasteiger partial charge in [0.1, 0.15) is 0 Å². The van der Waals surface area contributed by atoms with Crippen LogP contribution in [0.4, 0.5) is 0 Å². The maximum Gasteiger partial charge on any atom is 0.240 e. The summed E-state index contributed by atoms with van der Waals surface area (Å²) in [5.41, 5.74) is 5.39. The molecule has 0 saturated heterocycles. The van der Waals surface area contributed by atoms with Crippen LogP contribution in [-0.2, 0) is 4.79 Å². The second-order valence-electron chi connectivity index (χ2n) is 5.52. The molecular formula is C12H22N2O2. The van der Waals surface area contributed by atoms with Crippen molar-refractivity contribution in [3.8, 4) is 0 Å². The van der Waals surface area contributed by atoms with Gasteiger partial charge in [0.25, 0.3) is 0 Å². The second-order valence-corrected chi connectivity index (χ2v) is 5.52. The van der Waals surface area contributed by atoms with Crippen LogP contribution < -0.4 is 11.1 Å². The summed E-state index contributed by atoms with van der Waals surface area (Å²) in [6.45, 7) is 0.898. The zero-order chi connectivity index (χ0) is 11.6. The molecular weight excluding hydrogens is 204 g/mol. The van der Waals surface area contributed by atoms with E-state index in [1.54, 1.807) is 0 Å². The first-order valence-corrected chi connectivity index (χ1v) is 6.28. The molecule has 0 aromatic rings. The summed E-state index contributed by atoms with van der Waals surface area (Å²) in [7, 11) is 0. The normalized spacial score (nSPS) is 25.4. The van der Waals surface area contributed by atoms with Crippen molar-refractivity contribution in [2.45, 2.75) is 50.5 Å². The number of rotatable bonds is 5. The molecule has 2 saturated carbocycles. The monoisotopic (exact) mass is 226 g/mol. The Bertz CT molecular complexity index is 268. The topological polar surface area (TPSA) is 75.4 Å². The highest BCUT2D eigenvalue weighted by Gasteiger charge is 2.46. The Kier molecular flexibility index (Phi) is 3.22. The maximum absolute atomic E-state index is 11.7. The highest BCUT2D eigenvalue weighted by atomic mass is 16.3. The Balaban J connectivity index is 1.84. The van der Waals surface area contributed by atoms with Gasteiger partial charge in [-0.25, -0.2) is 0 Å². The predicted molar refractivity (Wildman–Crippen MR) is 61.8 cm³/mol. The summed E-state index contributed by atoms with van der Waals surface area (Å²) in [4.78, 5) is 11.7. The first-order chi connectivity index (χ1) is 7.60. The average molecular weight is 226 g/mol. The van der Waals surface area contributed by atoms with Gasteiger partial charge in [0.15, 0.2) is 0 Å². The Labute approximate surface area is 96.6 Å². The second kappa shape index (κ2) is 4.34. The third kappa shape index (κ3) is 2.38. The first kappa shape index (κ1) is 11.9. The van der Waals surface area contributed by atoms with Gasteiger partial charge in [-0.05, 0) is 37.5 Å². The number of nitrogens with one attached hydrogen (secondary N) is 1. The van der Waals surface area contributed by atoms with E-state index in [0.29, 0.717) is 6.54 Å². The van der Waals surface area contributed by atoms with Crippen LogP contribution in [0.15, 0.2) is 0 Å². The van der Waals surface area contributed by atoms with E-state index in [1.165, 1.54) is 12.8 Å². The van der Waals surface area contributed by atoms with Crippen molar-refractivity contribution >= 4 is 5.91 Å². The van der Waals surface area contributed by atoms with E-state index in [4.69, 9.17) is 10.8 Å².